The lowest BCUT2D eigenvalue weighted by atomic mass is 10.2. The number of amides is 2. The summed E-state index contributed by atoms with van der Waals surface area (Å²) >= 11 is 5.62. The molecular weight excluding hydrogens is 353 g/mol. The molecule has 0 fully saturated rings. The number of nitrogens with zero attached hydrogens (tertiary/aromatic N) is 1. The number of hydrogen-bond donors (Lipinski definition) is 2. The molecule has 0 aliphatic rings. The highest BCUT2D eigenvalue weighted by Gasteiger charge is 2.11. The summed E-state index contributed by atoms with van der Waals surface area (Å²) in [7, 11) is 0. The second-order valence-electron chi connectivity index (χ2n) is 4.76. The number of hydrogen-bond acceptors (Lipinski definition) is 4. The molecule has 2 N–H and O–H groups in total. The molecule has 7 nitrogen and oxygen atoms in total. The van der Waals surface area contributed by atoms with Crippen LogP contribution in [0.2, 0.25) is 5.02 Å². The Labute approximate surface area is 146 Å². The zero-order valence-electron chi connectivity index (χ0n) is 12.5. The fourth-order valence-electron chi connectivity index (χ4n) is 1.78. The summed E-state index contributed by atoms with van der Waals surface area (Å²) in [4.78, 5) is 33.5. The van der Waals surface area contributed by atoms with Gasteiger partial charge < -0.3 is 0 Å². The Bertz CT molecular complexity index is 870. The predicted octanol–water partition coefficient (Wildman–Crippen LogP) is 2.86. The highest BCUT2D eigenvalue weighted by molar-refractivity contribution is 6.30. The number of non-ortho nitro benzene ring substituents is 1. The number of nitro benzene ring substituents is 1. The van der Waals surface area contributed by atoms with Crippen molar-refractivity contribution in [2.24, 2.45) is 0 Å². The van der Waals surface area contributed by atoms with E-state index in [9.17, 15) is 24.1 Å². The van der Waals surface area contributed by atoms with Crippen molar-refractivity contribution in [2.75, 3.05) is 0 Å². The molecule has 25 heavy (non-hydrogen) atoms. The van der Waals surface area contributed by atoms with Crippen molar-refractivity contribution in [3.05, 3.63) is 80.6 Å². The van der Waals surface area contributed by atoms with Crippen molar-refractivity contribution >= 4 is 35.2 Å². The van der Waals surface area contributed by atoms with Crippen molar-refractivity contribution in [3.63, 3.8) is 0 Å². The maximum atomic E-state index is 13.0. The van der Waals surface area contributed by atoms with Gasteiger partial charge in [0.25, 0.3) is 17.5 Å². The van der Waals surface area contributed by atoms with Gasteiger partial charge in [0.2, 0.25) is 0 Å². The van der Waals surface area contributed by atoms with Crippen LogP contribution in [0.4, 0.5) is 10.1 Å². The van der Waals surface area contributed by atoms with Gasteiger partial charge in [0.1, 0.15) is 5.82 Å². The van der Waals surface area contributed by atoms with Crippen LogP contribution in [0.5, 0.6) is 0 Å². The average molecular weight is 364 g/mol. The summed E-state index contributed by atoms with van der Waals surface area (Å²) in [6.45, 7) is 0. The smallest absolute Gasteiger partial charge is 0.268 e. The number of rotatable bonds is 4. The van der Waals surface area contributed by atoms with E-state index >= 15 is 0 Å². The fourth-order valence-corrected chi connectivity index (χ4v) is 1.97. The molecule has 0 bridgehead atoms. The van der Waals surface area contributed by atoms with Crippen LogP contribution in [0, 0.1) is 15.9 Å². The number of carbonyl (C=O) groups is 2. The van der Waals surface area contributed by atoms with E-state index in [2.05, 4.69) is 10.9 Å². The summed E-state index contributed by atoms with van der Waals surface area (Å²) in [6.07, 6.45) is 2.48. The number of halogens is 2. The Kier molecular flexibility index (Phi) is 5.80. The van der Waals surface area contributed by atoms with Crippen LogP contribution in [0.25, 0.3) is 6.08 Å². The minimum absolute atomic E-state index is 0.0174. The summed E-state index contributed by atoms with van der Waals surface area (Å²) in [6, 6.07) is 8.96. The lowest BCUT2D eigenvalue weighted by Crippen LogP contribution is -2.40. The highest BCUT2D eigenvalue weighted by Crippen LogP contribution is 2.16. The van der Waals surface area contributed by atoms with Crippen LogP contribution in [0.3, 0.4) is 0 Å². The first-order valence-electron chi connectivity index (χ1n) is 6.85. The van der Waals surface area contributed by atoms with Crippen molar-refractivity contribution in [1.29, 1.82) is 0 Å². The van der Waals surface area contributed by atoms with E-state index in [4.69, 9.17) is 11.6 Å². The van der Waals surface area contributed by atoms with E-state index in [0.717, 1.165) is 18.2 Å². The Hall–Kier alpha value is -3.26. The van der Waals surface area contributed by atoms with Crippen molar-refractivity contribution in [1.82, 2.24) is 10.9 Å². The number of nitro groups is 1. The molecule has 0 atom stereocenters. The monoisotopic (exact) mass is 363 g/mol. The largest absolute Gasteiger partial charge is 0.270 e. The Balaban J connectivity index is 1.94. The maximum absolute atomic E-state index is 13.0. The zero-order valence-corrected chi connectivity index (χ0v) is 13.3. The van der Waals surface area contributed by atoms with E-state index in [1.54, 1.807) is 0 Å². The third kappa shape index (κ3) is 5.11. The molecule has 0 aliphatic heterocycles. The molecule has 9 heteroatoms. The molecule has 0 aliphatic carbocycles. The molecule has 2 aromatic rings. The summed E-state index contributed by atoms with van der Waals surface area (Å²) in [5.74, 6) is -1.94. The maximum Gasteiger partial charge on any atom is 0.270 e. The molecule has 0 spiro atoms. The average Bonchev–Trinajstić information content (AvgIpc) is 2.60. The first kappa shape index (κ1) is 18.1. The van der Waals surface area contributed by atoms with Gasteiger partial charge in [0, 0.05) is 23.8 Å². The minimum Gasteiger partial charge on any atom is -0.268 e. The molecule has 0 aromatic heterocycles. The van der Waals surface area contributed by atoms with E-state index in [1.807, 2.05) is 0 Å². The molecule has 0 saturated carbocycles. The summed E-state index contributed by atoms with van der Waals surface area (Å²) < 4.78 is 13.0. The van der Waals surface area contributed by atoms with Gasteiger partial charge in [-0.15, -0.1) is 0 Å². The molecule has 2 amide bonds. The van der Waals surface area contributed by atoms with Crippen LogP contribution >= 0.6 is 11.6 Å². The third-order valence-corrected chi connectivity index (χ3v) is 3.28. The summed E-state index contributed by atoms with van der Waals surface area (Å²) in [5.41, 5.74) is 4.51. The number of benzene rings is 2. The van der Waals surface area contributed by atoms with Gasteiger partial charge in [-0.25, -0.2) is 4.39 Å². The van der Waals surface area contributed by atoms with Gasteiger partial charge in [-0.2, -0.15) is 0 Å². The van der Waals surface area contributed by atoms with E-state index in [0.29, 0.717) is 5.56 Å². The Morgan fingerprint density at radius 3 is 2.60 bits per heavy atom. The lowest BCUT2D eigenvalue weighted by molar-refractivity contribution is -0.384. The van der Waals surface area contributed by atoms with E-state index in [-0.39, 0.29) is 16.3 Å². The standard InChI is InChI=1S/C16H11ClFN3O4/c17-13-8-10(4-6-14(13)18)5-7-15(22)19-20-16(23)11-2-1-3-12(9-11)21(24)25/h1-9H,(H,19,22)(H,20,23)/b7-5+. The van der Waals surface area contributed by atoms with Crippen molar-refractivity contribution < 1.29 is 18.9 Å². The first-order valence-corrected chi connectivity index (χ1v) is 7.22. The van der Waals surface area contributed by atoms with Gasteiger partial charge in [0.15, 0.2) is 0 Å². The third-order valence-electron chi connectivity index (χ3n) is 2.99. The van der Waals surface area contributed by atoms with Crippen molar-refractivity contribution in [2.45, 2.75) is 0 Å². The molecule has 128 valence electrons. The Morgan fingerprint density at radius 2 is 1.92 bits per heavy atom. The second kappa shape index (κ2) is 8.02. The lowest BCUT2D eigenvalue weighted by Gasteiger charge is -2.05. The number of nitrogens with one attached hydrogen (secondary N) is 2. The SMILES string of the molecule is O=C(/C=C/c1ccc(F)c(Cl)c1)NNC(=O)c1cccc([N+](=O)[O-])c1. The predicted molar refractivity (Wildman–Crippen MR) is 89.1 cm³/mol. The topological polar surface area (TPSA) is 101 Å². The van der Waals surface area contributed by atoms with E-state index < -0.39 is 22.6 Å². The van der Waals surface area contributed by atoms with Crippen LogP contribution in [-0.2, 0) is 4.79 Å². The zero-order chi connectivity index (χ0) is 18.4. The Morgan fingerprint density at radius 1 is 1.16 bits per heavy atom. The molecule has 0 unspecified atom stereocenters. The second-order valence-corrected chi connectivity index (χ2v) is 5.16. The first-order chi connectivity index (χ1) is 11.9. The van der Waals surface area contributed by atoms with E-state index in [1.165, 1.54) is 36.4 Å². The number of carbonyl (C=O) groups excluding carboxylic acids is 2. The van der Waals surface area contributed by atoms with Crippen LogP contribution in [0.15, 0.2) is 48.5 Å². The van der Waals surface area contributed by atoms with Gasteiger partial charge in [0.05, 0.1) is 9.95 Å². The molecule has 2 aromatic carbocycles. The van der Waals surface area contributed by atoms with Crippen LogP contribution in [0.1, 0.15) is 15.9 Å². The van der Waals surface area contributed by atoms with Crippen LogP contribution < -0.4 is 10.9 Å². The molecule has 0 radical (unpaired) electrons. The fraction of sp³-hybridized carbons (Fsp3) is 0. The number of hydrazine groups is 1. The molecular formula is C16H11ClFN3O4. The summed E-state index contributed by atoms with van der Waals surface area (Å²) in [5, 5.41) is 10.6. The highest BCUT2D eigenvalue weighted by atomic mass is 35.5. The normalized spacial score (nSPS) is 10.5. The quantitative estimate of drug-likeness (QED) is 0.495. The van der Waals surface area contributed by atoms with Gasteiger partial charge >= 0.3 is 0 Å². The van der Waals surface area contributed by atoms with Crippen molar-refractivity contribution in [3.8, 4) is 0 Å². The minimum atomic E-state index is -0.713. The van der Waals surface area contributed by atoms with Gasteiger partial charge in [-0.05, 0) is 29.8 Å². The molecule has 2 rings (SSSR count). The molecule has 0 heterocycles. The van der Waals surface area contributed by atoms with Crippen LogP contribution in [-0.4, -0.2) is 16.7 Å². The van der Waals surface area contributed by atoms with Gasteiger partial charge in [-0.1, -0.05) is 23.7 Å². The van der Waals surface area contributed by atoms with Gasteiger partial charge in [-0.3, -0.25) is 30.6 Å². The molecule has 0 saturated heterocycles.